The summed E-state index contributed by atoms with van der Waals surface area (Å²) in [6, 6.07) is 13.2. The van der Waals surface area contributed by atoms with Crippen LogP contribution in [0.1, 0.15) is 21.5 Å². The van der Waals surface area contributed by atoms with Crippen molar-refractivity contribution in [3.8, 4) is 6.07 Å². The van der Waals surface area contributed by atoms with Gasteiger partial charge in [-0.25, -0.2) is 0 Å². The van der Waals surface area contributed by atoms with Crippen LogP contribution >= 0.6 is 0 Å². The maximum Gasteiger partial charge on any atom is 0.418 e. The van der Waals surface area contributed by atoms with E-state index in [2.05, 4.69) is 5.32 Å². The molecule has 1 fully saturated rings. The van der Waals surface area contributed by atoms with Gasteiger partial charge in [-0.1, -0.05) is 12.1 Å². The molecule has 3 rings (SSSR count). The Labute approximate surface area is 171 Å². The predicted molar refractivity (Wildman–Crippen MR) is 103 cm³/mol. The Kier molecular flexibility index (Phi) is 6.37. The number of piperazine rings is 1. The standard InChI is InChI=1S/C21H19F3N4O2/c22-21(23,24)17-3-1-2-4-18(17)26-19(29)14-27-9-11-28(12-10-27)20(30)16-7-5-15(13-25)6-8-16/h1-8H,9-12,14H2,(H,26,29)/p+1. The van der Waals surface area contributed by atoms with Gasteiger partial charge in [0.15, 0.2) is 6.54 Å². The Morgan fingerprint density at radius 1 is 1.07 bits per heavy atom. The first kappa shape index (κ1) is 21.3. The molecule has 0 atom stereocenters. The van der Waals surface area contributed by atoms with Crippen molar-refractivity contribution < 1.29 is 27.7 Å². The van der Waals surface area contributed by atoms with Crippen molar-refractivity contribution in [3.63, 3.8) is 0 Å². The molecule has 0 aromatic heterocycles. The van der Waals surface area contributed by atoms with Crippen molar-refractivity contribution in [2.45, 2.75) is 6.18 Å². The number of benzene rings is 2. The van der Waals surface area contributed by atoms with Gasteiger partial charge >= 0.3 is 6.18 Å². The Hall–Kier alpha value is -3.38. The molecule has 0 spiro atoms. The minimum atomic E-state index is -4.55. The van der Waals surface area contributed by atoms with Gasteiger partial charge in [0.2, 0.25) is 0 Å². The first-order chi connectivity index (χ1) is 14.3. The van der Waals surface area contributed by atoms with E-state index in [1.165, 1.54) is 18.2 Å². The Bertz CT molecular complexity index is 959. The smallest absolute Gasteiger partial charge is 0.327 e. The van der Waals surface area contributed by atoms with Crippen molar-refractivity contribution in [1.29, 1.82) is 5.26 Å². The molecule has 1 heterocycles. The Balaban J connectivity index is 1.53. The molecule has 1 saturated heterocycles. The third kappa shape index (κ3) is 5.15. The van der Waals surface area contributed by atoms with Crippen LogP contribution in [0.4, 0.5) is 18.9 Å². The lowest BCUT2D eigenvalue weighted by Gasteiger charge is -2.32. The molecule has 2 amide bonds. The normalized spacial score (nSPS) is 14.8. The zero-order valence-corrected chi connectivity index (χ0v) is 16.0. The molecule has 2 N–H and O–H groups in total. The molecule has 9 heteroatoms. The first-order valence-corrected chi connectivity index (χ1v) is 9.37. The van der Waals surface area contributed by atoms with E-state index in [4.69, 9.17) is 5.26 Å². The van der Waals surface area contributed by atoms with Crippen molar-refractivity contribution in [1.82, 2.24) is 4.90 Å². The van der Waals surface area contributed by atoms with Crippen LogP contribution in [0.3, 0.4) is 0 Å². The first-order valence-electron chi connectivity index (χ1n) is 9.37. The van der Waals surface area contributed by atoms with Crippen LogP contribution in [0.5, 0.6) is 0 Å². The summed E-state index contributed by atoms with van der Waals surface area (Å²) in [4.78, 5) is 27.4. The minimum Gasteiger partial charge on any atom is -0.327 e. The molecule has 2 aromatic rings. The molecule has 6 nitrogen and oxygen atoms in total. The highest BCUT2D eigenvalue weighted by Gasteiger charge is 2.34. The molecule has 1 aliphatic heterocycles. The number of nitrogens with zero attached hydrogens (tertiary/aromatic N) is 2. The lowest BCUT2D eigenvalue weighted by atomic mass is 10.1. The second-order valence-electron chi connectivity index (χ2n) is 7.00. The van der Waals surface area contributed by atoms with Crippen molar-refractivity contribution >= 4 is 17.5 Å². The number of nitrogens with one attached hydrogen (secondary N) is 2. The van der Waals surface area contributed by atoms with E-state index in [9.17, 15) is 22.8 Å². The second kappa shape index (κ2) is 8.97. The van der Waals surface area contributed by atoms with E-state index in [0.29, 0.717) is 37.3 Å². The van der Waals surface area contributed by atoms with E-state index in [1.807, 2.05) is 6.07 Å². The summed E-state index contributed by atoms with van der Waals surface area (Å²) < 4.78 is 39.1. The average Bonchev–Trinajstić information content (AvgIpc) is 2.73. The molecule has 0 radical (unpaired) electrons. The zero-order chi connectivity index (χ0) is 21.7. The van der Waals surface area contributed by atoms with Crippen LogP contribution in [-0.4, -0.2) is 49.4 Å². The number of alkyl halides is 3. The van der Waals surface area contributed by atoms with Crippen LogP contribution in [0.2, 0.25) is 0 Å². The molecule has 30 heavy (non-hydrogen) atoms. The number of para-hydroxylation sites is 1. The highest BCUT2D eigenvalue weighted by molar-refractivity contribution is 5.94. The quantitative estimate of drug-likeness (QED) is 0.793. The van der Waals surface area contributed by atoms with Gasteiger partial charge in [0.1, 0.15) is 0 Å². The molecule has 2 aromatic carbocycles. The van der Waals surface area contributed by atoms with Crippen molar-refractivity contribution in [2.75, 3.05) is 38.0 Å². The summed E-state index contributed by atoms with van der Waals surface area (Å²) in [5.41, 5.74) is -0.187. The summed E-state index contributed by atoms with van der Waals surface area (Å²) in [7, 11) is 0. The number of halogens is 3. The maximum atomic E-state index is 13.0. The number of hydrogen-bond acceptors (Lipinski definition) is 3. The highest BCUT2D eigenvalue weighted by atomic mass is 19.4. The van der Waals surface area contributed by atoms with Gasteiger partial charge in [0.25, 0.3) is 11.8 Å². The van der Waals surface area contributed by atoms with Crippen LogP contribution < -0.4 is 10.2 Å². The number of anilines is 1. The molecular weight excluding hydrogens is 397 g/mol. The van der Waals surface area contributed by atoms with Crippen LogP contribution in [0.15, 0.2) is 48.5 Å². The van der Waals surface area contributed by atoms with Crippen molar-refractivity contribution in [2.24, 2.45) is 0 Å². The monoisotopic (exact) mass is 417 g/mol. The summed E-state index contributed by atoms with van der Waals surface area (Å²) in [5.74, 6) is -0.657. The number of carbonyl (C=O) groups is 2. The fourth-order valence-electron chi connectivity index (χ4n) is 3.33. The number of rotatable bonds is 4. The lowest BCUT2D eigenvalue weighted by molar-refractivity contribution is -0.895. The zero-order valence-electron chi connectivity index (χ0n) is 16.0. The summed E-state index contributed by atoms with van der Waals surface area (Å²) in [5, 5.41) is 11.2. The van der Waals surface area contributed by atoms with Crippen LogP contribution in [0.25, 0.3) is 0 Å². The number of quaternary nitrogens is 1. The molecular formula is C21H20F3N4O2+. The van der Waals surface area contributed by atoms with E-state index >= 15 is 0 Å². The maximum absolute atomic E-state index is 13.0. The van der Waals surface area contributed by atoms with Crippen LogP contribution in [0, 0.1) is 11.3 Å². The van der Waals surface area contributed by atoms with Crippen molar-refractivity contribution in [3.05, 3.63) is 65.2 Å². The Morgan fingerprint density at radius 2 is 1.70 bits per heavy atom. The van der Waals surface area contributed by atoms with E-state index in [1.54, 1.807) is 29.2 Å². The summed E-state index contributed by atoms with van der Waals surface area (Å²) in [6.45, 7) is 1.90. The predicted octanol–water partition coefficient (Wildman–Crippen LogP) is 1.56. The number of hydrogen-bond donors (Lipinski definition) is 2. The molecule has 0 bridgehead atoms. The molecule has 1 aliphatic rings. The van der Waals surface area contributed by atoms with Gasteiger partial charge in [0, 0.05) is 5.56 Å². The fraction of sp³-hybridized carbons (Fsp3) is 0.286. The Morgan fingerprint density at radius 3 is 2.30 bits per heavy atom. The SMILES string of the molecule is N#Cc1ccc(C(=O)N2CC[NH+](CC(=O)Nc3ccccc3C(F)(F)F)CC2)cc1. The molecule has 156 valence electrons. The number of carbonyl (C=O) groups excluding carboxylic acids is 2. The van der Waals surface area contributed by atoms with Gasteiger partial charge in [-0.2, -0.15) is 18.4 Å². The topological polar surface area (TPSA) is 77.6 Å². The van der Waals surface area contributed by atoms with E-state index in [-0.39, 0.29) is 18.1 Å². The number of amides is 2. The van der Waals surface area contributed by atoms with Gasteiger partial charge < -0.3 is 15.1 Å². The fourth-order valence-corrected chi connectivity index (χ4v) is 3.33. The van der Waals surface area contributed by atoms with Gasteiger partial charge in [0.05, 0.1) is 49.1 Å². The largest absolute Gasteiger partial charge is 0.418 e. The second-order valence-corrected chi connectivity index (χ2v) is 7.00. The molecule has 0 saturated carbocycles. The number of nitriles is 1. The highest BCUT2D eigenvalue weighted by Crippen LogP contribution is 2.34. The van der Waals surface area contributed by atoms with E-state index in [0.717, 1.165) is 11.0 Å². The third-order valence-electron chi connectivity index (χ3n) is 4.94. The lowest BCUT2D eigenvalue weighted by Crippen LogP contribution is -3.15. The van der Waals surface area contributed by atoms with Crippen LogP contribution in [-0.2, 0) is 11.0 Å². The average molecular weight is 417 g/mol. The van der Waals surface area contributed by atoms with Gasteiger partial charge in [-0.05, 0) is 36.4 Å². The van der Waals surface area contributed by atoms with E-state index < -0.39 is 17.6 Å². The minimum absolute atomic E-state index is 0.0189. The van der Waals surface area contributed by atoms with Gasteiger partial charge in [-0.15, -0.1) is 0 Å². The molecule has 0 unspecified atom stereocenters. The summed E-state index contributed by atoms with van der Waals surface area (Å²) in [6.07, 6.45) is -4.55. The molecule has 0 aliphatic carbocycles. The van der Waals surface area contributed by atoms with Gasteiger partial charge in [-0.3, -0.25) is 9.59 Å². The summed E-state index contributed by atoms with van der Waals surface area (Å²) >= 11 is 0. The third-order valence-corrected chi connectivity index (χ3v) is 4.94.